The fourth-order valence-electron chi connectivity index (χ4n) is 5.23. The van der Waals surface area contributed by atoms with Crippen LogP contribution in [0.2, 0.25) is 0 Å². The Balaban J connectivity index is 1.28. The summed E-state index contributed by atoms with van der Waals surface area (Å²) in [4.78, 5) is 17.9. The quantitative estimate of drug-likeness (QED) is 0.155. The van der Waals surface area contributed by atoms with Crippen molar-refractivity contribution in [2.45, 2.75) is 0 Å². The molecule has 0 unspecified atom stereocenters. The van der Waals surface area contributed by atoms with Crippen molar-refractivity contribution in [3.05, 3.63) is 191 Å². The summed E-state index contributed by atoms with van der Waals surface area (Å²) in [6, 6.07) is 45.1. The second kappa shape index (κ2) is 12.3. The lowest BCUT2D eigenvalue weighted by atomic mass is 9.85. The predicted octanol–water partition coefficient (Wildman–Crippen LogP) is 10.9. The van der Waals surface area contributed by atoms with Crippen LogP contribution in [-0.4, -0.2) is 10.9 Å². The molecular formula is C40H27O2S2+. The minimum atomic E-state index is -0.160. The fourth-order valence-corrected chi connectivity index (χ4v) is 7.50. The molecule has 1 N–H and O–H groups in total. The van der Waals surface area contributed by atoms with Crippen LogP contribution in [-0.2, 0) is 4.79 Å². The highest BCUT2D eigenvalue weighted by Gasteiger charge is 2.33. The third-order valence-corrected chi connectivity index (χ3v) is 9.78. The molecule has 0 saturated heterocycles. The minimum absolute atomic E-state index is 0.0279. The number of aliphatic hydroxyl groups is 1. The van der Waals surface area contributed by atoms with Crippen molar-refractivity contribution in [2.75, 3.05) is 0 Å². The third-order valence-electron chi connectivity index (χ3n) is 7.49. The Morgan fingerprint density at radius 3 is 1.43 bits per heavy atom. The molecule has 0 saturated carbocycles. The average molecular weight is 604 g/mol. The number of benzene rings is 4. The summed E-state index contributed by atoms with van der Waals surface area (Å²) in [7, 11) is 0. The summed E-state index contributed by atoms with van der Waals surface area (Å²) in [5, 5.41) is 11.2. The number of carbonyl (C=O) groups excluding carboxylic acids is 1. The van der Waals surface area contributed by atoms with E-state index in [4.69, 9.17) is 0 Å². The van der Waals surface area contributed by atoms with Crippen LogP contribution in [0.5, 0.6) is 0 Å². The molecule has 5 aromatic rings. The first-order valence-corrected chi connectivity index (χ1v) is 16.0. The second-order valence-corrected chi connectivity index (χ2v) is 12.7. The normalized spacial score (nSPS) is 15.5. The van der Waals surface area contributed by atoms with Gasteiger partial charge in [0.25, 0.3) is 0 Å². The van der Waals surface area contributed by atoms with Crippen LogP contribution in [0.15, 0.2) is 174 Å². The number of carbonyl (C=O) groups is 1. The number of hydrogen-bond acceptors (Lipinski definition) is 3. The number of allylic oxidation sites excluding steroid dienone is 6. The molecule has 4 heteroatoms. The van der Waals surface area contributed by atoms with E-state index < -0.39 is 0 Å². The first-order chi connectivity index (χ1) is 21.6. The summed E-state index contributed by atoms with van der Waals surface area (Å²) in [6.45, 7) is 0. The van der Waals surface area contributed by atoms with E-state index in [0.29, 0.717) is 11.1 Å². The number of hydrogen-bond donors (Lipinski definition) is 1. The highest BCUT2D eigenvalue weighted by Crippen LogP contribution is 2.45. The lowest BCUT2D eigenvalue weighted by Crippen LogP contribution is -2.21. The van der Waals surface area contributed by atoms with Crippen LogP contribution in [0.1, 0.15) is 16.7 Å². The highest BCUT2D eigenvalue weighted by atomic mass is 32.2. The molecule has 1 aliphatic heterocycles. The zero-order valence-corrected chi connectivity index (χ0v) is 25.3. The Morgan fingerprint density at radius 2 is 1.00 bits per heavy atom. The number of Topliss-reactive ketones (excluding diaryl/α,β-unsaturated/α-hetero) is 1. The summed E-state index contributed by atoms with van der Waals surface area (Å²) >= 11 is 3.41. The number of rotatable bonds is 6. The van der Waals surface area contributed by atoms with Gasteiger partial charge in [-0.25, -0.2) is 0 Å². The zero-order valence-electron chi connectivity index (χ0n) is 23.7. The van der Waals surface area contributed by atoms with Gasteiger partial charge in [0.1, 0.15) is 5.76 Å². The van der Waals surface area contributed by atoms with Crippen molar-refractivity contribution >= 4 is 44.8 Å². The van der Waals surface area contributed by atoms with E-state index in [-0.39, 0.29) is 11.5 Å². The zero-order chi connectivity index (χ0) is 29.9. The van der Waals surface area contributed by atoms with Crippen LogP contribution in [0.4, 0.5) is 0 Å². The van der Waals surface area contributed by atoms with Gasteiger partial charge >= 0.3 is 0 Å². The smallest absolute Gasteiger partial charge is 0.239 e. The van der Waals surface area contributed by atoms with Crippen LogP contribution >= 0.6 is 23.1 Å². The molecule has 1 aromatic heterocycles. The molecule has 2 heterocycles. The Morgan fingerprint density at radius 1 is 0.568 bits per heavy atom. The summed E-state index contributed by atoms with van der Waals surface area (Å²) < 4.78 is 0. The molecule has 0 atom stereocenters. The van der Waals surface area contributed by atoms with Gasteiger partial charge in [-0.05, 0) is 70.8 Å². The van der Waals surface area contributed by atoms with Gasteiger partial charge in [0.15, 0.2) is 0 Å². The lowest BCUT2D eigenvalue weighted by Gasteiger charge is -2.21. The maximum absolute atomic E-state index is 13.5. The molecule has 4 aromatic carbocycles. The van der Waals surface area contributed by atoms with Crippen LogP contribution in [0, 0.1) is 0 Å². The van der Waals surface area contributed by atoms with Gasteiger partial charge in [0.2, 0.25) is 26.9 Å². The van der Waals surface area contributed by atoms with Crippen LogP contribution in [0.3, 0.4) is 0 Å². The van der Waals surface area contributed by atoms with E-state index in [1.807, 2.05) is 72.8 Å². The minimum Gasteiger partial charge on any atom is -0.506 e. The van der Waals surface area contributed by atoms with E-state index in [1.165, 1.54) is 0 Å². The predicted molar refractivity (Wildman–Crippen MR) is 187 cm³/mol. The summed E-state index contributed by atoms with van der Waals surface area (Å²) in [6.07, 6.45) is 7.77. The van der Waals surface area contributed by atoms with Crippen LogP contribution < -0.4 is 0 Å². The standard InChI is InChI=1S/C40H26O2S2/c41-39-33(21-27-23-35(29-13-5-1-6-14-29)43-36(24-27)30-15-7-2-8-16-30)40(42)34(39)22-28-25-37(31-17-9-3-10-18-31)44-38(26-28)32-19-11-4-12-20-32/h1-26H/p+1. The highest BCUT2D eigenvalue weighted by molar-refractivity contribution is 8.16. The van der Waals surface area contributed by atoms with Gasteiger partial charge in [-0.1, -0.05) is 109 Å². The third kappa shape index (κ3) is 5.78. The summed E-state index contributed by atoms with van der Waals surface area (Å²) in [5.74, 6) is -0.132. The SMILES string of the molecule is O=C1C(=Cc2cc(-c3ccccc3)[s+]c(-c3ccccc3)c2)C(O)=C1C=C1C=C(c2ccccc2)SC(c2ccccc2)=C1. The Bertz CT molecular complexity index is 1900. The molecule has 0 spiro atoms. The van der Waals surface area contributed by atoms with Crippen molar-refractivity contribution in [1.82, 2.24) is 0 Å². The van der Waals surface area contributed by atoms with Gasteiger partial charge < -0.3 is 5.11 Å². The fraction of sp³-hybridized carbons (Fsp3) is 0. The molecule has 7 rings (SSSR count). The number of ketones is 1. The number of aliphatic hydroxyl groups excluding tert-OH is 1. The molecule has 210 valence electrons. The van der Waals surface area contributed by atoms with E-state index in [9.17, 15) is 9.90 Å². The van der Waals surface area contributed by atoms with Crippen molar-refractivity contribution in [3.8, 4) is 20.9 Å². The van der Waals surface area contributed by atoms with E-state index in [1.54, 1.807) is 35.3 Å². The number of thioether (sulfide) groups is 1. The molecule has 0 amide bonds. The monoisotopic (exact) mass is 603 g/mol. The van der Waals surface area contributed by atoms with Gasteiger partial charge in [-0.15, -0.1) is 0 Å². The average Bonchev–Trinajstić information content (AvgIpc) is 3.10. The second-order valence-electron chi connectivity index (χ2n) is 10.5. The molecule has 2 nitrogen and oxygen atoms in total. The maximum Gasteiger partial charge on any atom is 0.239 e. The Kier molecular flexibility index (Phi) is 7.76. The molecule has 0 fully saturated rings. The first kappa shape index (κ1) is 27.8. The van der Waals surface area contributed by atoms with Crippen molar-refractivity contribution < 1.29 is 9.90 Å². The molecule has 0 bridgehead atoms. The van der Waals surface area contributed by atoms with E-state index in [2.05, 4.69) is 72.8 Å². The molecule has 2 aliphatic rings. The Labute approximate surface area is 265 Å². The van der Waals surface area contributed by atoms with Crippen LogP contribution in [0.25, 0.3) is 36.8 Å². The maximum atomic E-state index is 13.5. The van der Waals surface area contributed by atoms with Gasteiger partial charge in [-0.2, -0.15) is 0 Å². The van der Waals surface area contributed by atoms with E-state index >= 15 is 0 Å². The summed E-state index contributed by atoms with van der Waals surface area (Å²) in [5.41, 5.74) is 6.83. The van der Waals surface area contributed by atoms with E-state index in [0.717, 1.165) is 53.0 Å². The molecule has 0 radical (unpaired) electrons. The first-order valence-electron chi connectivity index (χ1n) is 14.4. The van der Waals surface area contributed by atoms with Crippen molar-refractivity contribution in [3.63, 3.8) is 0 Å². The van der Waals surface area contributed by atoms with Gasteiger partial charge in [0.05, 0.1) is 11.1 Å². The molecular weight excluding hydrogens is 577 g/mol. The molecule has 44 heavy (non-hydrogen) atoms. The Hall–Kier alpha value is -5.03. The topological polar surface area (TPSA) is 37.3 Å². The lowest BCUT2D eigenvalue weighted by molar-refractivity contribution is -0.113. The largest absolute Gasteiger partial charge is 0.506 e. The van der Waals surface area contributed by atoms with Gasteiger partial charge in [-0.3, -0.25) is 4.79 Å². The van der Waals surface area contributed by atoms with Crippen molar-refractivity contribution in [1.29, 1.82) is 0 Å². The van der Waals surface area contributed by atoms with Crippen molar-refractivity contribution in [2.24, 2.45) is 0 Å². The van der Waals surface area contributed by atoms with Gasteiger partial charge in [0, 0.05) is 33.1 Å². The molecule has 1 aliphatic carbocycles.